The number of nitrogens with zero attached hydrogens (tertiary/aromatic N) is 4. The van der Waals surface area contributed by atoms with E-state index < -0.39 is 0 Å². The molecule has 2 aliphatic carbocycles. The van der Waals surface area contributed by atoms with E-state index in [1.807, 2.05) is 0 Å². The van der Waals surface area contributed by atoms with Gasteiger partial charge in [0, 0.05) is 80.5 Å². The van der Waals surface area contributed by atoms with Crippen molar-refractivity contribution in [3.05, 3.63) is 254 Å². The molecule has 19 rings (SSSR count). The lowest BCUT2D eigenvalue weighted by Gasteiger charge is -2.58. The third-order valence-corrected chi connectivity index (χ3v) is 20.4. The van der Waals surface area contributed by atoms with Crippen LogP contribution in [0.5, 0.6) is 11.5 Å². The van der Waals surface area contributed by atoms with E-state index >= 15 is 0 Å². The molecule has 86 heavy (non-hydrogen) atoms. The molecule has 0 spiro atoms. The van der Waals surface area contributed by atoms with E-state index in [1.165, 1.54) is 133 Å². The van der Waals surface area contributed by atoms with Gasteiger partial charge in [0.25, 0.3) is 13.4 Å². The molecule has 4 fully saturated rings. The van der Waals surface area contributed by atoms with Gasteiger partial charge in [-0.25, -0.2) is 0 Å². The van der Waals surface area contributed by atoms with Crippen molar-refractivity contribution in [3.63, 3.8) is 0 Å². The van der Waals surface area contributed by atoms with Crippen LogP contribution in [0.2, 0.25) is 0 Å². The van der Waals surface area contributed by atoms with Gasteiger partial charge in [0.05, 0.1) is 5.69 Å². The molecule has 0 unspecified atom stereocenters. The fourth-order valence-corrected chi connectivity index (χ4v) is 17.0. The minimum Gasteiger partial charge on any atom is -0.458 e. The first-order chi connectivity index (χ1) is 42.3. The molecule has 2 saturated carbocycles. The van der Waals surface area contributed by atoms with Crippen molar-refractivity contribution in [2.24, 2.45) is 11.8 Å². The normalized spacial score (nSPS) is 18.8. The fraction of sp³-hybridized carbons (Fsp3) is 0.165. The lowest BCUT2D eigenvalue weighted by atomic mass is 9.30. The Morgan fingerprint density at radius 2 is 0.814 bits per heavy atom. The van der Waals surface area contributed by atoms with Gasteiger partial charge in [-0.05, 0) is 183 Å². The van der Waals surface area contributed by atoms with Crippen molar-refractivity contribution < 1.29 is 4.74 Å². The van der Waals surface area contributed by atoms with Gasteiger partial charge < -0.3 is 24.3 Å². The third-order valence-electron chi connectivity index (χ3n) is 20.4. The minimum absolute atomic E-state index is 0.0663. The summed E-state index contributed by atoms with van der Waals surface area (Å²) in [6.07, 6.45) is 6.61. The monoisotopic (exact) mass is 1110 g/mol. The number of ether oxygens (including phenoxy) is 1. The molecule has 0 aromatic heterocycles. The Bertz CT molecular complexity index is 4440. The Morgan fingerprint density at radius 3 is 1.36 bits per heavy atom. The zero-order chi connectivity index (χ0) is 56.9. The number of hydrogen-bond acceptors (Lipinski definition) is 5. The summed E-state index contributed by atoms with van der Waals surface area (Å²) >= 11 is 0. The molecule has 0 N–H and O–H groups in total. The summed E-state index contributed by atoms with van der Waals surface area (Å²) in [4.78, 5) is 10.7. The summed E-state index contributed by atoms with van der Waals surface area (Å²) in [5.41, 5.74) is 27.7. The number of rotatable bonds is 7. The first-order valence-corrected chi connectivity index (χ1v) is 31.3. The van der Waals surface area contributed by atoms with Crippen LogP contribution in [0.4, 0.5) is 56.9 Å². The average Bonchev–Trinajstić information content (AvgIpc) is 0.746. The summed E-state index contributed by atoms with van der Waals surface area (Å²) in [6, 6.07) is 94.8. The van der Waals surface area contributed by atoms with Crippen molar-refractivity contribution >= 4 is 103 Å². The van der Waals surface area contributed by atoms with Crippen LogP contribution in [0.15, 0.2) is 249 Å². The number of fused-ring (bicyclic) bond motifs is 8. The molecular weight excluding hydrogens is 1040 g/mol. The van der Waals surface area contributed by atoms with Crippen molar-refractivity contribution in [2.45, 2.75) is 70.4 Å². The highest BCUT2D eigenvalue weighted by Crippen LogP contribution is 2.55. The maximum atomic E-state index is 7.77. The van der Waals surface area contributed by atoms with Gasteiger partial charge in [-0.3, -0.25) is 0 Å². The molecule has 4 bridgehead atoms. The van der Waals surface area contributed by atoms with Gasteiger partial charge in [0.2, 0.25) is 0 Å². The van der Waals surface area contributed by atoms with Gasteiger partial charge in [-0.15, -0.1) is 0 Å². The van der Waals surface area contributed by atoms with Gasteiger partial charge >= 0.3 is 0 Å². The third kappa shape index (κ3) is 7.59. The molecule has 11 aromatic rings. The van der Waals surface area contributed by atoms with Crippen LogP contribution in [-0.4, -0.2) is 25.5 Å². The lowest BCUT2D eigenvalue weighted by molar-refractivity contribution is 0.0900. The van der Waals surface area contributed by atoms with E-state index in [0.717, 1.165) is 51.5 Å². The van der Waals surface area contributed by atoms with Gasteiger partial charge in [0.15, 0.2) is 0 Å². The molecule has 6 heterocycles. The Balaban J connectivity index is 0.899. The molecule has 0 atom stereocenters. The predicted molar refractivity (Wildman–Crippen MR) is 361 cm³/mol. The van der Waals surface area contributed by atoms with E-state index in [2.05, 4.69) is 289 Å². The SMILES string of the molecule is CC(C)(C)c1cc2c3c(c1)N(c1c(-c4ccccc4)cc(-c4ccccc4)cc1-c1ccccc1)c1ccccc1B3c1cc3c(cc1O2)N(c1ccccc1)c1cc(N2C4CC5CC(C4)CC2C5)cc2c1B3c1ccccc1N2c1ccccc1. The van der Waals surface area contributed by atoms with Gasteiger partial charge in [-0.2, -0.15) is 0 Å². The van der Waals surface area contributed by atoms with Crippen LogP contribution in [0, 0.1) is 11.8 Å². The Labute approximate surface area is 506 Å². The fourth-order valence-electron chi connectivity index (χ4n) is 17.0. The number of piperidine rings is 2. The maximum Gasteiger partial charge on any atom is 0.256 e. The van der Waals surface area contributed by atoms with Crippen molar-refractivity contribution in [1.82, 2.24) is 0 Å². The van der Waals surface area contributed by atoms with E-state index in [4.69, 9.17) is 4.74 Å². The van der Waals surface area contributed by atoms with Crippen LogP contribution in [-0.2, 0) is 5.41 Å². The number of benzene rings is 11. The molecule has 0 radical (unpaired) electrons. The Kier molecular flexibility index (Phi) is 11.0. The molecule has 7 heteroatoms. The molecule has 6 aliphatic heterocycles. The quantitative estimate of drug-likeness (QED) is 0.148. The standard InChI is InChI=1S/C79H64B2N4O/c1-79(2,3)56-44-71-77-75(45-56)86-74-49-70-66(48-67(74)81(77)65-34-20-22-36-69(65)85(71)78-62(53-25-11-5-12-26-53)42-55(52-23-9-4-10-24-52)43-63(78)54-27-13-6-14-28-54)80-64-33-19-21-35-68(64)83(57-29-15-7-16-30-57)72-46-61(82-59-38-50-37-51(40-59)41-60(82)39-50)47-73(76(72)80)84(70)58-31-17-8-18-32-58/h4-36,42-51,59-60H,37-41H2,1-3H3. The first-order valence-electron chi connectivity index (χ1n) is 31.3. The summed E-state index contributed by atoms with van der Waals surface area (Å²) < 4.78 is 7.77. The summed E-state index contributed by atoms with van der Waals surface area (Å²) in [6.45, 7) is 6.81. The number of anilines is 10. The largest absolute Gasteiger partial charge is 0.458 e. The zero-order valence-electron chi connectivity index (χ0n) is 48.9. The topological polar surface area (TPSA) is 22.2 Å². The van der Waals surface area contributed by atoms with Crippen LogP contribution in [0.25, 0.3) is 33.4 Å². The Morgan fingerprint density at radius 1 is 0.349 bits per heavy atom. The molecule has 11 aromatic carbocycles. The maximum absolute atomic E-state index is 7.77. The highest BCUT2D eigenvalue weighted by Gasteiger charge is 2.51. The van der Waals surface area contributed by atoms with Gasteiger partial charge in [0.1, 0.15) is 11.5 Å². The van der Waals surface area contributed by atoms with Crippen LogP contribution in [0.1, 0.15) is 58.4 Å². The van der Waals surface area contributed by atoms with Crippen LogP contribution in [0.3, 0.4) is 0 Å². The predicted octanol–water partition coefficient (Wildman–Crippen LogP) is 16.2. The second-order valence-electron chi connectivity index (χ2n) is 26.4. The lowest BCUT2D eigenvalue weighted by Crippen LogP contribution is -2.64. The van der Waals surface area contributed by atoms with E-state index in [1.54, 1.807) is 0 Å². The molecule has 2 saturated heterocycles. The van der Waals surface area contributed by atoms with Crippen molar-refractivity contribution in [1.29, 1.82) is 0 Å². The second kappa shape index (κ2) is 19.0. The number of para-hydroxylation sites is 4. The highest BCUT2D eigenvalue weighted by atomic mass is 16.5. The molecule has 8 aliphatic rings. The molecular formula is C79H64B2N4O. The Hall–Kier alpha value is -9.45. The molecule has 5 nitrogen and oxygen atoms in total. The van der Waals surface area contributed by atoms with Crippen molar-refractivity contribution in [2.75, 3.05) is 19.6 Å². The summed E-state index contributed by atoms with van der Waals surface area (Å²) in [5, 5.41) is 0. The second-order valence-corrected chi connectivity index (χ2v) is 26.4. The first kappa shape index (κ1) is 49.9. The van der Waals surface area contributed by atoms with Crippen LogP contribution < -0.4 is 57.1 Å². The van der Waals surface area contributed by atoms with E-state index in [0.29, 0.717) is 12.1 Å². The summed E-state index contributed by atoms with van der Waals surface area (Å²) in [5.74, 6) is 3.52. The molecule has 412 valence electrons. The van der Waals surface area contributed by atoms with E-state index in [9.17, 15) is 0 Å². The number of hydrogen-bond donors (Lipinski definition) is 0. The van der Waals surface area contributed by atoms with Gasteiger partial charge in [-0.1, -0.05) is 191 Å². The molecule has 0 amide bonds. The average molecular weight is 1110 g/mol. The summed E-state index contributed by atoms with van der Waals surface area (Å²) in [7, 11) is 0. The van der Waals surface area contributed by atoms with Crippen molar-refractivity contribution in [3.8, 4) is 44.9 Å². The highest BCUT2D eigenvalue weighted by molar-refractivity contribution is 7.02. The van der Waals surface area contributed by atoms with Crippen LogP contribution >= 0.6 is 0 Å². The van der Waals surface area contributed by atoms with E-state index in [-0.39, 0.29) is 18.8 Å². The minimum atomic E-state index is -0.205. The zero-order valence-corrected chi connectivity index (χ0v) is 48.9. The smallest absolute Gasteiger partial charge is 0.256 e.